The van der Waals surface area contributed by atoms with Gasteiger partial charge in [-0.3, -0.25) is 4.79 Å². The van der Waals surface area contributed by atoms with Crippen molar-refractivity contribution in [3.63, 3.8) is 0 Å². The molecule has 1 amide bonds. The first-order valence-corrected chi connectivity index (χ1v) is 8.63. The summed E-state index contributed by atoms with van der Waals surface area (Å²) in [7, 11) is 0. The number of hydrogen-bond acceptors (Lipinski definition) is 5. The van der Waals surface area contributed by atoms with E-state index < -0.39 is 18.5 Å². The van der Waals surface area contributed by atoms with Crippen molar-refractivity contribution in [3.8, 4) is 0 Å². The second-order valence-corrected chi connectivity index (χ2v) is 6.40. The van der Waals surface area contributed by atoms with E-state index in [-0.39, 0.29) is 0 Å². The normalized spacial score (nSPS) is 14.3. The van der Waals surface area contributed by atoms with E-state index in [1.807, 2.05) is 13.0 Å². The third-order valence-corrected chi connectivity index (χ3v) is 4.06. The molecule has 1 fully saturated rings. The van der Waals surface area contributed by atoms with Gasteiger partial charge in [-0.15, -0.1) is 0 Å². The maximum Gasteiger partial charge on any atom is 0.397 e. The minimum atomic E-state index is -4.52. The van der Waals surface area contributed by atoms with Gasteiger partial charge in [0.15, 0.2) is 0 Å². The highest BCUT2D eigenvalue weighted by Crippen LogP contribution is 2.24. The molecule has 0 unspecified atom stereocenters. The molecule has 0 spiro atoms. The van der Waals surface area contributed by atoms with Crippen molar-refractivity contribution in [3.05, 3.63) is 36.2 Å². The van der Waals surface area contributed by atoms with E-state index >= 15 is 0 Å². The predicted octanol–water partition coefficient (Wildman–Crippen LogP) is 4.02. The summed E-state index contributed by atoms with van der Waals surface area (Å²) in [6, 6.07) is 8.27. The Hall–Kier alpha value is -2.84. The number of carbonyl (C=O) groups excluding carboxylic acids is 1. The molecule has 2 N–H and O–H groups in total. The highest BCUT2D eigenvalue weighted by Gasteiger charge is 2.31. The summed E-state index contributed by atoms with van der Waals surface area (Å²) < 4.78 is 36.6. The van der Waals surface area contributed by atoms with Crippen LogP contribution < -0.4 is 15.5 Å². The minimum absolute atomic E-state index is 0.298. The lowest BCUT2D eigenvalue weighted by atomic mass is 10.2. The molecule has 1 aromatic heterocycles. The van der Waals surface area contributed by atoms with Gasteiger partial charge >= 0.3 is 6.18 Å². The Morgan fingerprint density at radius 1 is 1.11 bits per heavy atom. The number of benzene rings is 1. The van der Waals surface area contributed by atoms with Crippen molar-refractivity contribution < 1.29 is 18.0 Å². The number of anilines is 4. The average Bonchev–Trinajstić information content (AvgIpc) is 3.09. The molecule has 1 saturated heterocycles. The second-order valence-electron chi connectivity index (χ2n) is 6.40. The Bertz CT molecular complexity index is 802. The molecule has 3 rings (SSSR count). The summed E-state index contributed by atoms with van der Waals surface area (Å²) >= 11 is 0. The highest BCUT2D eigenvalue weighted by molar-refractivity contribution is 5.91. The van der Waals surface area contributed by atoms with Gasteiger partial charge in [0.1, 0.15) is 23.9 Å². The number of halogens is 3. The molecule has 0 radical (unpaired) electrons. The zero-order chi connectivity index (χ0) is 19.4. The molecule has 144 valence electrons. The Morgan fingerprint density at radius 3 is 2.37 bits per heavy atom. The Morgan fingerprint density at radius 2 is 1.74 bits per heavy atom. The molecule has 0 bridgehead atoms. The van der Waals surface area contributed by atoms with Gasteiger partial charge in [-0.1, -0.05) is 0 Å². The van der Waals surface area contributed by atoms with Gasteiger partial charge in [0.05, 0.1) is 0 Å². The molecule has 2 aromatic rings. The van der Waals surface area contributed by atoms with Gasteiger partial charge in [-0.25, -0.2) is 9.97 Å². The molecule has 9 heteroatoms. The van der Waals surface area contributed by atoms with Crippen LogP contribution in [0.4, 0.5) is 36.2 Å². The maximum absolute atomic E-state index is 12.2. The first-order valence-electron chi connectivity index (χ1n) is 8.63. The molecular formula is C18H20F3N5O. The second kappa shape index (κ2) is 7.81. The van der Waals surface area contributed by atoms with Crippen LogP contribution in [-0.2, 0) is 4.79 Å². The van der Waals surface area contributed by atoms with Crippen molar-refractivity contribution in [2.45, 2.75) is 32.4 Å². The predicted molar refractivity (Wildman–Crippen MR) is 97.2 cm³/mol. The topological polar surface area (TPSA) is 70.2 Å². The van der Waals surface area contributed by atoms with E-state index in [2.05, 4.69) is 25.5 Å². The van der Waals surface area contributed by atoms with Gasteiger partial charge in [0.2, 0.25) is 5.91 Å². The third kappa shape index (κ3) is 5.57. The van der Waals surface area contributed by atoms with Crippen molar-refractivity contribution in [2.24, 2.45) is 0 Å². The zero-order valence-corrected chi connectivity index (χ0v) is 14.8. The monoisotopic (exact) mass is 379 g/mol. The van der Waals surface area contributed by atoms with Crippen LogP contribution in [0.5, 0.6) is 0 Å². The fourth-order valence-electron chi connectivity index (χ4n) is 2.90. The number of nitrogens with one attached hydrogen (secondary N) is 2. The Balaban J connectivity index is 1.65. The van der Waals surface area contributed by atoms with Crippen molar-refractivity contribution in [1.82, 2.24) is 9.97 Å². The van der Waals surface area contributed by atoms with Crippen LogP contribution in [-0.4, -0.2) is 35.1 Å². The Kier molecular flexibility index (Phi) is 5.48. The molecule has 27 heavy (non-hydrogen) atoms. The van der Waals surface area contributed by atoms with E-state index in [0.29, 0.717) is 23.0 Å². The molecule has 1 aliphatic rings. The standard InChI is InChI=1S/C18H20F3N5O/c1-12-22-15(10-16(23-12)26-8-2-3-9-26)24-13-4-6-14(7-5-13)25-17(27)11-18(19,20)21/h4-7,10H,2-3,8-9,11H2,1H3,(H,25,27)(H,22,23,24). The molecule has 0 atom stereocenters. The quantitative estimate of drug-likeness (QED) is 0.821. The summed E-state index contributed by atoms with van der Waals surface area (Å²) in [4.78, 5) is 22.4. The largest absolute Gasteiger partial charge is 0.397 e. The lowest BCUT2D eigenvalue weighted by molar-refractivity contribution is -0.150. The van der Waals surface area contributed by atoms with E-state index in [1.165, 1.54) is 12.1 Å². The zero-order valence-electron chi connectivity index (χ0n) is 14.8. The van der Waals surface area contributed by atoms with Gasteiger partial charge in [-0.2, -0.15) is 13.2 Å². The van der Waals surface area contributed by atoms with E-state index in [1.54, 1.807) is 12.1 Å². The minimum Gasteiger partial charge on any atom is -0.356 e. The molecular weight excluding hydrogens is 359 g/mol. The maximum atomic E-state index is 12.2. The van der Waals surface area contributed by atoms with Gasteiger partial charge in [0.25, 0.3) is 0 Å². The lowest BCUT2D eigenvalue weighted by Gasteiger charge is -2.18. The fraction of sp³-hybridized carbons (Fsp3) is 0.389. The number of rotatable bonds is 5. The van der Waals surface area contributed by atoms with Crippen molar-refractivity contribution >= 4 is 28.9 Å². The number of carbonyl (C=O) groups is 1. The van der Waals surface area contributed by atoms with Crippen LogP contribution in [0.15, 0.2) is 30.3 Å². The number of hydrogen-bond donors (Lipinski definition) is 2. The number of nitrogens with zero attached hydrogens (tertiary/aromatic N) is 3. The first kappa shape index (κ1) is 18.9. The van der Waals surface area contributed by atoms with Crippen molar-refractivity contribution in [1.29, 1.82) is 0 Å². The van der Waals surface area contributed by atoms with Gasteiger partial charge in [-0.05, 0) is 44.0 Å². The average molecular weight is 379 g/mol. The van der Waals surface area contributed by atoms with Gasteiger partial charge in [0, 0.05) is 30.5 Å². The molecule has 1 aromatic carbocycles. The number of alkyl halides is 3. The van der Waals surface area contributed by atoms with E-state index in [0.717, 1.165) is 31.7 Å². The number of aromatic nitrogens is 2. The molecule has 0 aliphatic carbocycles. The van der Waals surface area contributed by atoms with Crippen LogP contribution in [0.2, 0.25) is 0 Å². The number of aryl methyl sites for hydroxylation is 1. The molecule has 6 nitrogen and oxygen atoms in total. The first-order chi connectivity index (χ1) is 12.8. The smallest absolute Gasteiger partial charge is 0.356 e. The number of amides is 1. The van der Waals surface area contributed by atoms with E-state index in [9.17, 15) is 18.0 Å². The van der Waals surface area contributed by atoms with Crippen LogP contribution in [0, 0.1) is 6.92 Å². The summed E-state index contributed by atoms with van der Waals surface area (Å²) in [5.41, 5.74) is 1.00. The molecule has 2 heterocycles. The SMILES string of the molecule is Cc1nc(Nc2ccc(NC(=O)CC(F)(F)F)cc2)cc(N2CCCC2)n1. The van der Waals surface area contributed by atoms with Crippen LogP contribution in [0.25, 0.3) is 0 Å². The lowest BCUT2D eigenvalue weighted by Crippen LogP contribution is -2.21. The van der Waals surface area contributed by atoms with Crippen LogP contribution >= 0.6 is 0 Å². The summed E-state index contributed by atoms with van der Waals surface area (Å²) in [6.45, 7) is 3.77. The highest BCUT2D eigenvalue weighted by atomic mass is 19.4. The van der Waals surface area contributed by atoms with Gasteiger partial charge < -0.3 is 15.5 Å². The van der Waals surface area contributed by atoms with Crippen molar-refractivity contribution in [2.75, 3.05) is 28.6 Å². The van der Waals surface area contributed by atoms with Crippen LogP contribution in [0.3, 0.4) is 0 Å². The molecule has 1 aliphatic heterocycles. The molecule has 0 saturated carbocycles. The van der Waals surface area contributed by atoms with Crippen LogP contribution in [0.1, 0.15) is 25.1 Å². The third-order valence-electron chi connectivity index (χ3n) is 4.06. The summed E-state index contributed by atoms with van der Waals surface area (Å²) in [5, 5.41) is 5.38. The summed E-state index contributed by atoms with van der Waals surface area (Å²) in [6.07, 6.45) is -3.74. The Labute approximate surface area is 154 Å². The summed E-state index contributed by atoms with van der Waals surface area (Å²) in [5.74, 6) is 1.07. The van der Waals surface area contributed by atoms with E-state index in [4.69, 9.17) is 0 Å². The fourth-order valence-corrected chi connectivity index (χ4v) is 2.90.